The molecule has 2 aromatic carbocycles. The number of hydrogen-bond donors (Lipinski definition) is 0. The molecule has 0 aliphatic heterocycles. The molecule has 1 aromatic heterocycles. The van der Waals surface area contributed by atoms with E-state index in [1.165, 1.54) is 18.4 Å². The van der Waals surface area contributed by atoms with Gasteiger partial charge in [0, 0.05) is 5.56 Å². The van der Waals surface area contributed by atoms with E-state index >= 15 is 0 Å². The van der Waals surface area contributed by atoms with Crippen LogP contribution in [0.3, 0.4) is 0 Å². The van der Waals surface area contributed by atoms with Gasteiger partial charge in [-0.15, -0.1) is 0 Å². The number of carbonyl (C=O) groups is 1. The van der Waals surface area contributed by atoms with Crippen LogP contribution in [0.25, 0.3) is 20.9 Å². The number of benzene rings is 2. The monoisotopic (exact) mass is 328 g/mol. The SMILES string of the molecule is COC(=O)c1ccccc1-c1sc(=O)sc1-c1ccccc1. The van der Waals surface area contributed by atoms with Crippen molar-refractivity contribution in [3.63, 3.8) is 0 Å². The fourth-order valence-electron chi connectivity index (χ4n) is 2.21. The molecule has 0 atom stereocenters. The molecule has 0 fully saturated rings. The van der Waals surface area contributed by atoms with Gasteiger partial charge in [-0.25, -0.2) is 4.79 Å². The van der Waals surface area contributed by atoms with Gasteiger partial charge in [0.1, 0.15) is 0 Å². The van der Waals surface area contributed by atoms with E-state index in [0.29, 0.717) is 5.56 Å². The number of rotatable bonds is 3. The fourth-order valence-corrected chi connectivity index (χ4v) is 4.41. The van der Waals surface area contributed by atoms with Gasteiger partial charge in [0.05, 0.1) is 22.4 Å². The maximum Gasteiger partial charge on any atom is 0.338 e. The molecule has 0 amide bonds. The molecule has 0 saturated heterocycles. The van der Waals surface area contributed by atoms with E-state index in [0.717, 1.165) is 32.2 Å². The minimum atomic E-state index is -0.402. The zero-order valence-electron chi connectivity index (χ0n) is 11.7. The Bertz CT molecular complexity index is 863. The number of hydrogen-bond acceptors (Lipinski definition) is 5. The van der Waals surface area contributed by atoms with Gasteiger partial charge in [-0.05, 0) is 11.6 Å². The highest BCUT2D eigenvalue weighted by Gasteiger charge is 2.19. The first-order chi connectivity index (χ1) is 10.7. The Kier molecular flexibility index (Phi) is 4.18. The molecule has 3 aromatic rings. The quantitative estimate of drug-likeness (QED) is 0.674. The van der Waals surface area contributed by atoms with E-state index in [1.54, 1.807) is 12.1 Å². The van der Waals surface area contributed by atoms with Crippen molar-refractivity contribution in [1.82, 2.24) is 0 Å². The zero-order chi connectivity index (χ0) is 15.5. The third-order valence-corrected chi connectivity index (χ3v) is 5.42. The Labute approximate surface area is 135 Å². The molecule has 22 heavy (non-hydrogen) atoms. The lowest BCUT2D eigenvalue weighted by Gasteiger charge is -2.08. The second-order valence-electron chi connectivity index (χ2n) is 4.52. The zero-order valence-corrected chi connectivity index (χ0v) is 13.4. The average molecular weight is 328 g/mol. The van der Waals surface area contributed by atoms with Crippen LogP contribution in [-0.4, -0.2) is 13.1 Å². The maximum absolute atomic E-state index is 12.0. The standard InChI is InChI=1S/C17H12O3S2/c1-20-16(18)13-10-6-5-9-12(13)15-14(21-17(19)22-15)11-7-3-2-4-8-11/h2-10H,1H3. The molecule has 0 aliphatic carbocycles. The number of carbonyl (C=O) groups excluding carboxylic acids is 1. The van der Waals surface area contributed by atoms with Gasteiger partial charge >= 0.3 is 5.97 Å². The van der Waals surface area contributed by atoms with Gasteiger partial charge < -0.3 is 4.74 Å². The summed E-state index contributed by atoms with van der Waals surface area (Å²) in [5.74, 6) is -0.402. The molecule has 0 bridgehead atoms. The first kappa shape index (κ1) is 14.7. The highest BCUT2D eigenvalue weighted by Crippen LogP contribution is 2.39. The first-order valence-corrected chi connectivity index (χ1v) is 8.21. The predicted molar refractivity (Wildman–Crippen MR) is 90.7 cm³/mol. The number of methoxy groups -OCH3 is 1. The van der Waals surface area contributed by atoms with Crippen molar-refractivity contribution in [2.75, 3.05) is 7.11 Å². The van der Waals surface area contributed by atoms with E-state index in [1.807, 2.05) is 42.5 Å². The Balaban J connectivity index is 2.23. The van der Waals surface area contributed by atoms with Crippen LogP contribution >= 0.6 is 22.7 Å². The van der Waals surface area contributed by atoms with Gasteiger partial charge in [0.15, 0.2) is 0 Å². The highest BCUT2D eigenvalue weighted by molar-refractivity contribution is 7.32. The summed E-state index contributed by atoms with van der Waals surface area (Å²) in [7, 11) is 1.35. The van der Waals surface area contributed by atoms with Gasteiger partial charge in [0.2, 0.25) is 0 Å². The van der Waals surface area contributed by atoms with Crippen LogP contribution in [-0.2, 0) is 4.74 Å². The van der Waals surface area contributed by atoms with Crippen LogP contribution in [0.2, 0.25) is 0 Å². The molecule has 1 heterocycles. The number of ether oxygens (including phenoxy) is 1. The summed E-state index contributed by atoms with van der Waals surface area (Å²) < 4.78 is 4.85. The normalized spacial score (nSPS) is 10.4. The molecule has 0 N–H and O–H groups in total. The van der Waals surface area contributed by atoms with E-state index in [4.69, 9.17) is 4.74 Å². The Hall–Kier alpha value is -2.24. The van der Waals surface area contributed by atoms with Crippen molar-refractivity contribution in [3.05, 3.63) is 69.0 Å². The minimum Gasteiger partial charge on any atom is -0.465 e. The van der Waals surface area contributed by atoms with E-state index < -0.39 is 5.97 Å². The summed E-state index contributed by atoms with van der Waals surface area (Å²) in [4.78, 5) is 25.6. The maximum atomic E-state index is 12.0. The van der Waals surface area contributed by atoms with Gasteiger partial charge in [-0.3, -0.25) is 4.79 Å². The van der Waals surface area contributed by atoms with Crippen molar-refractivity contribution >= 4 is 28.6 Å². The highest BCUT2D eigenvalue weighted by atomic mass is 32.2. The number of esters is 1. The summed E-state index contributed by atoms with van der Waals surface area (Å²) >= 11 is 2.36. The van der Waals surface area contributed by atoms with Gasteiger partial charge in [-0.2, -0.15) is 0 Å². The van der Waals surface area contributed by atoms with Crippen LogP contribution in [0, 0.1) is 0 Å². The third-order valence-electron chi connectivity index (χ3n) is 3.19. The molecule has 0 saturated carbocycles. The molecule has 110 valence electrons. The van der Waals surface area contributed by atoms with Crippen LogP contribution in [0.4, 0.5) is 0 Å². The molecular weight excluding hydrogens is 316 g/mol. The Morgan fingerprint density at radius 2 is 1.55 bits per heavy atom. The largest absolute Gasteiger partial charge is 0.465 e. The first-order valence-electron chi connectivity index (χ1n) is 6.58. The summed E-state index contributed by atoms with van der Waals surface area (Å²) in [6, 6.07) is 16.9. The second kappa shape index (κ2) is 6.25. The molecule has 3 rings (SSSR count). The van der Waals surface area contributed by atoms with Crippen molar-refractivity contribution < 1.29 is 9.53 Å². The average Bonchev–Trinajstić information content (AvgIpc) is 2.96. The third kappa shape index (κ3) is 2.73. The summed E-state index contributed by atoms with van der Waals surface area (Å²) in [5, 5.41) is 0. The lowest BCUT2D eigenvalue weighted by Crippen LogP contribution is -2.03. The van der Waals surface area contributed by atoms with Crippen molar-refractivity contribution in [2.45, 2.75) is 0 Å². The lowest BCUT2D eigenvalue weighted by molar-refractivity contribution is 0.0601. The van der Waals surface area contributed by atoms with Gasteiger partial charge in [-0.1, -0.05) is 71.2 Å². The smallest absolute Gasteiger partial charge is 0.338 e. The summed E-state index contributed by atoms with van der Waals surface area (Å²) in [5.41, 5.74) is 2.17. The van der Waals surface area contributed by atoms with Crippen molar-refractivity contribution in [3.8, 4) is 20.9 Å². The molecule has 0 radical (unpaired) electrons. The molecular formula is C17H12O3S2. The molecule has 0 spiro atoms. The fraction of sp³-hybridized carbons (Fsp3) is 0.0588. The molecule has 0 unspecified atom stereocenters. The van der Waals surface area contributed by atoms with Crippen molar-refractivity contribution in [1.29, 1.82) is 0 Å². The van der Waals surface area contributed by atoms with E-state index in [-0.39, 0.29) is 4.06 Å². The molecule has 5 heteroatoms. The van der Waals surface area contributed by atoms with Crippen molar-refractivity contribution in [2.24, 2.45) is 0 Å². The van der Waals surface area contributed by atoms with Crippen LogP contribution < -0.4 is 4.06 Å². The van der Waals surface area contributed by atoms with E-state index in [9.17, 15) is 9.59 Å². The van der Waals surface area contributed by atoms with Crippen LogP contribution in [0.15, 0.2) is 59.4 Å². The van der Waals surface area contributed by atoms with Gasteiger partial charge in [0.25, 0.3) is 4.06 Å². The lowest BCUT2D eigenvalue weighted by atomic mass is 10.0. The Morgan fingerprint density at radius 1 is 0.909 bits per heavy atom. The predicted octanol–water partition coefficient (Wildman–Crippen LogP) is 4.29. The summed E-state index contributed by atoms with van der Waals surface area (Å²) in [6.45, 7) is 0. The minimum absolute atomic E-state index is 0.00789. The summed E-state index contributed by atoms with van der Waals surface area (Å²) in [6.07, 6.45) is 0. The van der Waals surface area contributed by atoms with Crippen LogP contribution in [0.1, 0.15) is 10.4 Å². The molecule has 3 nitrogen and oxygen atoms in total. The Morgan fingerprint density at radius 3 is 2.27 bits per heavy atom. The van der Waals surface area contributed by atoms with Crippen LogP contribution in [0.5, 0.6) is 0 Å². The topological polar surface area (TPSA) is 43.4 Å². The second-order valence-corrected chi connectivity index (χ2v) is 6.74. The molecule has 0 aliphatic rings. The van der Waals surface area contributed by atoms with E-state index in [2.05, 4.69) is 0 Å².